The fourth-order valence-electron chi connectivity index (χ4n) is 1.02. The van der Waals surface area contributed by atoms with E-state index in [1.807, 2.05) is 6.07 Å². The molecule has 1 aromatic rings. The van der Waals surface area contributed by atoms with Crippen molar-refractivity contribution < 1.29 is 13.7 Å². The Hall–Kier alpha value is -0.960. The molecule has 0 bridgehead atoms. The third kappa shape index (κ3) is 3.77. The van der Waals surface area contributed by atoms with Crippen LogP contribution in [0.25, 0.3) is 0 Å². The van der Waals surface area contributed by atoms with Crippen LogP contribution in [0.1, 0.15) is 5.56 Å². The highest BCUT2D eigenvalue weighted by molar-refractivity contribution is 8.07. The minimum Gasteiger partial charge on any atom is -0.312 e. The second kappa shape index (κ2) is 6.83. The predicted octanol–water partition coefficient (Wildman–Crippen LogP) is 3.10. The van der Waals surface area contributed by atoms with E-state index in [-0.39, 0.29) is 5.71 Å². The summed E-state index contributed by atoms with van der Waals surface area (Å²) in [5, 5.41) is 13.1. The van der Waals surface area contributed by atoms with Crippen molar-refractivity contribution in [3.63, 3.8) is 0 Å². The molecule has 18 heavy (non-hydrogen) atoms. The summed E-state index contributed by atoms with van der Waals surface area (Å²) >= 11 is 10.9. The van der Waals surface area contributed by atoms with Crippen molar-refractivity contribution >= 4 is 35.8 Å². The molecule has 0 unspecified atom stereocenters. The zero-order valence-corrected chi connectivity index (χ0v) is 12.1. The van der Waals surface area contributed by atoms with Crippen molar-refractivity contribution in [2.24, 2.45) is 5.16 Å². The first kappa shape index (κ1) is 15.1. The highest BCUT2D eigenvalue weighted by atomic mass is 35.5. The molecule has 0 saturated heterocycles. The van der Waals surface area contributed by atoms with E-state index in [1.165, 1.54) is 14.2 Å². The Morgan fingerprint density at radius 2 is 2.00 bits per heavy atom. The molecule has 8 heteroatoms. The van der Waals surface area contributed by atoms with Crippen molar-refractivity contribution in [1.82, 2.24) is 0 Å². The number of halogens is 1. The third-order valence-electron chi connectivity index (χ3n) is 1.91. The normalized spacial score (nSPS) is 12.0. The molecule has 0 aliphatic rings. The minimum absolute atomic E-state index is 0.00363. The Kier molecular flexibility index (Phi) is 5.73. The highest BCUT2D eigenvalue weighted by Gasteiger charge is 2.18. The van der Waals surface area contributed by atoms with Gasteiger partial charge >= 0.3 is 6.72 Å². The molecule has 5 nitrogen and oxygen atoms in total. The number of hydrogen-bond acceptors (Lipinski definition) is 6. The minimum atomic E-state index is -2.93. The number of nitriles is 1. The smallest absolute Gasteiger partial charge is 0.312 e. The lowest BCUT2D eigenvalue weighted by Crippen LogP contribution is -2.00. The van der Waals surface area contributed by atoms with Gasteiger partial charge in [-0.2, -0.15) is 5.26 Å². The highest BCUT2D eigenvalue weighted by Crippen LogP contribution is 2.48. The van der Waals surface area contributed by atoms with E-state index >= 15 is 0 Å². The van der Waals surface area contributed by atoms with Gasteiger partial charge in [-0.15, -0.1) is 0 Å². The lowest BCUT2D eigenvalue weighted by molar-refractivity contribution is 0.210. The Morgan fingerprint density at radius 1 is 1.39 bits per heavy atom. The topological polar surface area (TPSA) is 63.8 Å². The summed E-state index contributed by atoms with van der Waals surface area (Å²) in [6.45, 7) is -2.93. The molecule has 1 rings (SSSR count). The molecule has 0 radical (unpaired) electrons. The zero-order valence-electron chi connectivity index (χ0n) is 9.66. The van der Waals surface area contributed by atoms with Crippen LogP contribution in [0, 0.1) is 11.3 Å². The number of oxime groups is 1. The lowest BCUT2D eigenvalue weighted by Gasteiger charge is -2.13. The second-order valence-corrected chi connectivity index (χ2v) is 6.46. The predicted molar refractivity (Wildman–Crippen MR) is 73.0 cm³/mol. The van der Waals surface area contributed by atoms with E-state index < -0.39 is 6.72 Å². The Balaban J connectivity index is 3.03. The second-order valence-electron chi connectivity index (χ2n) is 2.93. The lowest BCUT2D eigenvalue weighted by atomic mass is 10.1. The van der Waals surface area contributed by atoms with Gasteiger partial charge in [-0.1, -0.05) is 35.0 Å². The van der Waals surface area contributed by atoms with Crippen molar-refractivity contribution in [3.8, 4) is 6.07 Å². The van der Waals surface area contributed by atoms with Crippen LogP contribution in [0.2, 0.25) is 5.02 Å². The molecule has 0 atom stereocenters. The van der Waals surface area contributed by atoms with Gasteiger partial charge in [0.1, 0.15) is 6.07 Å². The van der Waals surface area contributed by atoms with Crippen molar-refractivity contribution in [3.05, 3.63) is 34.9 Å². The van der Waals surface area contributed by atoms with E-state index in [0.717, 1.165) is 0 Å². The van der Waals surface area contributed by atoms with Crippen LogP contribution < -0.4 is 0 Å². The molecule has 0 aromatic heterocycles. The summed E-state index contributed by atoms with van der Waals surface area (Å²) in [4.78, 5) is 0. The Morgan fingerprint density at radius 3 is 2.50 bits per heavy atom. The molecule has 0 saturated carbocycles. The van der Waals surface area contributed by atoms with E-state index in [1.54, 1.807) is 24.3 Å². The largest absolute Gasteiger partial charge is 0.401 e. The van der Waals surface area contributed by atoms with Crippen LogP contribution in [0.3, 0.4) is 0 Å². The molecule has 0 heterocycles. The van der Waals surface area contributed by atoms with Crippen LogP contribution in [0.15, 0.2) is 29.4 Å². The van der Waals surface area contributed by atoms with E-state index in [2.05, 4.69) is 5.16 Å². The molecule has 0 spiro atoms. The quantitative estimate of drug-likeness (QED) is 0.475. The monoisotopic (exact) mass is 304 g/mol. The summed E-state index contributed by atoms with van der Waals surface area (Å²) < 4.78 is 14.7. The van der Waals surface area contributed by atoms with Gasteiger partial charge in [-0.3, -0.25) is 0 Å². The zero-order chi connectivity index (χ0) is 13.6. The maximum Gasteiger partial charge on any atom is 0.401 e. The van der Waals surface area contributed by atoms with Gasteiger partial charge in [0.2, 0.25) is 0 Å². The standard InChI is InChI=1S/C10H10ClN2O3PS/c1-14-17(18,15-2)16-13-10(7-12)8-5-3-4-6-9(8)11/h3-6H,1-2H3. The number of nitrogens with zero attached hydrogens (tertiary/aromatic N) is 2. The first-order valence-electron chi connectivity index (χ1n) is 4.69. The molecule has 96 valence electrons. The van der Waals surface area contributed by atoms with Crippen LogP contribution in [0.4, 0.5) is 0 Å². The van der Waals surface area contributed by atoms with E-state index in [0.29, 0.717) is 10.6 Å². The third-order valence-corrected chi connectivity index (χ3v) is 4.51. The van der Waals surface area contributed by atoms with Gasteiger partial charge in [0.25, 0.3) is 0 Å². The van der Waals surface area contributed by atoms with Gasteiger partial charge < -0.3 is 13.7 Å². The summed E-state index contributed by atoms with van der Waals surface area (Å²) in [5.41, 5.74) is 0.458. The van der Waals surface area contributed by atoms with Crippen molar-refractivity contribution in [2.75, 3.05) is 14.2 Å². The van der Waals surface area contributed by atoms with Gasteiger partial charge in [0.15, 0.2) is 5.71 Å². The van der Waals surface area contributed by atoms with Crippen LogP contribution >= 0.6 is 18.3 Å². The molecule has 0 fully saturated rings. The van der Waals surface area contributed by atoms with Gasteiger partial charge in [0, 0.05) is 31.6 Å². The first-order chi connectivity index (χ1) is 8.56. The van der Waals surface area contributed by atoms with Crippen LogP contribution in [-0.2, 0) is 25.5 Å². The van der Waals surface area contributed by atoms with Crippen molar-refractivity contribution in [2.45, 2.75) is 0 Å². The first-order valence-corrected chi connectivity index (χ1v) is 7.63. The molecule has 0 N–H and O–H groups in total. The Labute approximate surface area is 115 Å². The molecule has 0 aliphatic heterocycles. The average molecular weight is 305 g/mol. The average Bonchev–Trinajstić information content (AvgIpc) is 2.41. The molecule has 0 aliphatic carbocycles. The maximum absolute atomic E-state index is 9.02. The molecular formula is C10H10ClN2O3PS. The molecule has 0 amide bonds. The SMILES string of the molecule is COP(=S)(OC)ON=C(C#N)c1ccccc1Cl. The summed E-state index contributed by atoms with van der Waals surface area (Å²) in [6.07, 6.45) is 0. The number of rotatable bonds is 5. The van der Waals surface area contributed by atoms with Gasteiger partial charge in [-0.25, -0.2) is 0 Å². The van der Waals surface area contributed by atoms with Gasteiger partial charge in [-0.05, 0) is 6.07 Å². The molecular weight excluding hydrogens is 295 g/mol. The fourth-order valence-corrected chi connectivity index (χ4v) is 1.80. The molecule has 1 aromatic carbocycles. The van der Waals surface area contributed by atoms with Crippen molar-refractivity contribution in [1.29, 1.82) is 5.26 Å². The van der Waals surface area contributed by atoms with Crippen LogP contribution in [-0.4, -0.2) is 19.9 Å². The number of benzene rings is 1. The Bertz CT molecular complexity index is 536. The summed E-state index contributed by atoms with van der Waals surface area (Å²) in [6, 6.07) is 8.66. The van der Waals surface area contributed by atoms with Gasteiger partial charge in [0.05, 0.1) is 5.02 Å². The number of hydrogen-bond donors (Lipinski definition) is 0. The van der Waals surface area contributed by atoms with E-state index in [4.69, 9.17) is 42.3 Å². The summed E-state index contributed by atoms with van der Waals surface area (Å²) in [5.74, 6) is 0. The fraction of sp³-hybridized carbons (Fsp3) is 0.200. The summed E-state index contributed by atoms with van der Waals surface area (Å²) in [7, 11) is 2.70. The maximum atomic E-state index is 9.02. The van der Waals surface area contributed by atoms with E-state index in [9.17, 15) is 0 Å². The van der Waals surface area contributed by atoms with Crippen LogP contribution in [0.5, 0.6) is 0 Å².